The second kappa shape index (κ2) is 11.3. The van der Waals surface area contributed by atoms with Crippen LogP contribution in [-0.2, 0) is 4.79 Å². The van der Waals surface area contributed by atoms with Gasteiger partial charge in [-0.2, -0.15) is 0 Å². The Bertz CT molecular complexity index is 1190. The van der Waals surface area contributed by atoms with E-state index in [0.717, 1.165) is 80.0 Å². The molecule has 2 aromatic carbocycles. The quantitative estimate of drug-likeness (QED) is 0.427. The van der Waals surface area contributed by atoms with Gasteiger partial charge in [-0.15, -0.1) is 9.24 Å². The van der Waals surface area contributed by atoms with Crippen LogP contribution in [0.4, 0.5) is 23.0 Å². The number of piperazine rings is 1. The van der Waals surface area contributed by atoms with E-state index in [2.05, 4.69) is 65.1 Å². The summed E-state index contributed by atoms with van der Waals surface area (Å²) in [6.07, 6.45) is 3.69. The molecule has 1 amide bonds. The molecule has 2 aliphatic rings. The van der Waals surface area contributed by atoms with Gasteiger partial charge in [-0.1, -0.05) is 19.1 Å². The van der Waals surface area contributed by atoms with Crippen molar-refractivity contribution in [2.24, 2.45) is 0 Å². The molecule has 188 valence electrons. The third kappa shape index (κ3) is 5.84. The third-order valence-corrected chi connectivity index (χ3v) is 7.39. The van der Waals surface area contributed by atoms with Gasteiger partial charge in [0.2, 0.25) is 11.9 Å². The number of likely N-dealkylation sites (N-methyl/N-ethyl adjacent to an activating group) is 1. The predicted octanol–water partition coefficient (Wildman–Crippen LogP) is 3.22. The second-order valence-electron chi connectivity index (χ2n) is 9.30. The smallest absolute Gasteiger partial charge is 0.241 e. The molecule has 2 aliphatic heterocycles. The minimum absolute atomic E-state index is 0.0245. The van der Waals surface area contributed by atoms with E-state index < -0.39 is 0 Å². The highest BCUT2D eigenvalue weighted by atomic mass is 31.0. The zero-order chi connectivity index (χ0) is 24.9. The topological polar surface area (TPSA) is 85.4 Å². The van der Waals surface area contributed by atoms with Crippen LogP contribution in [0, 0.1) is 0 Å². The fourth-order valence-electron chi connectivity index (χ4n) is 4.80. The van der Waals surface area contributed by atoms with Crippen molar-refractivity contribution < 1.29 is 4.79 Å². The van der Waals surface area contributed by atoms with Gasteiger partial charge < -0.3 is 25.8 Å². The highest BCUT2D eigenvalue weighted by molar-refractivity contribution is 7.28. The Labute approximate surface area is 215 Å². The Kier molecular flexibility index (Phi) is 7.75. The summed E-state index contributed by atoms with van der Waals surface area (Å²) in [6, 6.07) is 15.9. The summed E-state index contributed by atoms with van der Waals surface area (Å²) in [7, 11) is 2.87. The fraction of sp³-hybridized carbons (Fsp3) is 0.370. The Hall–Kier alpha value is -3.06. The number of hydrogen-bond donors (Lipinski definition) is 3. The summed E-state index contributed by atoms with van der Waals surface area (Å²) in [6.45, 7) is 8.54. The summed E-state index contributed by atoms with van der Waals surface area (Å²) in [5, 5.41) is 10.7. The van der Waals surface area contributed by atoms with Crippen molar-refractivity contribution in [1.29, 1.82) is 0 Å². The third-order valence-electron chi connectivity index (χ3n) is 6.92. The molecule has 2 atom stereocenters. The summed E-state index contributed by atoms with van der Waals surface area (Å²) in [4.78, 5) is 26.4. The van der Waals surface area contributed by atoms with E-state index in [0.29, 0.717) is 5.95 Å². The van der Waals surface area contributed by atoms with Crippen LogP contribution in [0.25, 0.3) is 11.3 Å². The summed E-state index contributed by atoms with van der Waals surface area (Å²) < 4.78 is 0. The van der Waals surface area contributed by atoms with E-state index >= 15 is 0 Å². The molecule has 5 rings (SSSR count). The molecule has 36 heavy (non-hydrogen) atoms. The molecule has 3 N–H and O–H groups in total. The first-order valence-corrected chi connectivity index (χ1v) is 13.3. The maximum atomic E-state index is 12.3. The van der Waals surface area contributed by atoms with Crippen molar-refractivity contribution in [3.63, 3.8) is 0 Å². The lowest BCUT2D eigenvalue weighted by molar-refractivity contribution is -0.117. The van der Waals surface area contributed by atoms with Gasteiger partial charge in [0.25, 0.3) is 0 Å². The number of benzene rings is 2. The van der Waals surface area contributed by atoms with Crippen molar-refractivity contribution in [3.05, 3.63) is 54.7 Å². The van der Waals surface area contributed by atoms with E-state index in [4.69, 9.17) is 4.98 Å². The number of hydrogen-bond acceptors (Lipinski definition) is 7. The molecular formula is C27H34N7OP. The minimum atomic E-state index is -0.0949. The zero-order valence-corrected chi connectivity index (χ0v) is 21.9. The standard InChI is InChI=1S/C27H34N7OP/c1-2-33-14-16-34(17-15-33)24-10-9-21(18-25(24)36)31-27-29-13-11-22(32-27)19-5-7-20(8-6-19)30-26(35)23-4-3-12-28-23/h5-11,13,18,23,28H,2-4,12,14-17,36H2,1H3,(H,30,35)(H,29,31,32)/t23-/m1/s1. The van der Waals surface area contributed by atoms with Gasteiger partial charge in [-0.3, -0.25) is 4.79 Å². The van der Waals surface area contributed by atoms with Gasteiger partial charge in [-0.05, 0) is 67.6 Å². The first-order chi connectivity index (χ1) is 17.6. The van der Waals surface area contributed by atoms with Crippen molar-refractivity contribution in [2.45, 2.75) is 25.8 Å². The number of carbonyl (C=O) groups is 1. The van der Waals surface area contributed by atoms with Crippen LogP contribution in [0.2, 0.25) is 0 Å². The number of rotatable bonds is 7. The van der Waals surface area contributed by atoms with Crippen LogP contribution in [0.1, 0.15) is 19.8 Å². The summed E-state index contributed by atoms with van der Waals surface area (Å²) >= 11 is 0. The van der Waals surface area contributed by atoms with E-state index in [1.807, 2.05) is 30.3 Å². The lowest BCUT2D eigenvalue weighted by Gasteiger charge is -2.36. The summed E-state index contributed by atoms with van der Waals surface area (Å²) in [5.41, 5.74) is 4.78. The molecule has 0 bridgehead atoms. The van der Waals surface area contributed by atoms with Crippen LogP contribution in [-0.4, -0.2) is 66.1 Å². The molecule has 9 heteroatoms. The van der Waals surface area contributed by atoms with E-state index in [9.17, 15) is 4.79 Å². The first kappa shape index (κ1) is 24.6. The highest BCUT2D eigenvalue weighted by Crippen LogP contribution is 2.24. The van der Waals surface area contributed by atoms with Crippen LogP contribution >= 0.6 is 9.24 Å². The number of nitrogens with zero attached hydrogens (tertiary/aromatic N) is 4. The largest absolute Gasteiger partial charge is 0.368 e. The number of aromatic nitrogens is 2. The molecule has 3 heterocycles. The summed E-state index contributed by atoms with van der Waals surface area (Å²) in [5.74, 6) is 0.572. The fourth-order valence-corrected chi connectivity index (χ4v) is 5.25. The van der Waals surface area contributed by atoms with Crippen molar-refractivity contribution in [3.8, 4) is 11.3 Å². The lowest BCUT2D eigenvalue weighted by atomic mass is 10.1. The molecule has 0 aliphatic carbocycles. The maximum absolute atomic E-state index is 12.3. The minimum Gasteiger partial charge on any atom is -0.368 e. The average Bonchev–Trinajstić information content (AvgIpc) is 3.45. The van der Waals surface area contributed by atoms with Gasteiger partial charge in [0.05, 0.1) is 11.7 Å². The normalized spacial score (nSPS) is 18.3. The van der Waals surface area contributed by atoms with Gasteiger partial charge in [0.15, 0.2) is 0 Å². The molecule has 8 nitrogen and oxygen atoms in total. The Morgan fingerprint density at radius 3 is 2.56 bits per heavy atom. The Morgan fingerprint density at radius 1 is 1.08 bits per heavy atom. The molecular weight excluding hydrogens is 469 g/mol. The number of carbonyl (C=O) groups excluding carboxylic acids is 1. The van der Waals surface area contributed by atoms with Crippen molar-refractivity contribution >= 4 is 43.5 Å². The van der Waals surface area contributed by atoms with Gasteiger partial charge in [-0.25, -0.2) is 9.97 Å². The van der Waals surface area contributed by atoms with Crippen LogP contribution in [0.3, 0.4) is 0 Å². The van der Waals surface area contributed by atoms with Crippen LogP contribution in [0.15, 0.2) is 54.7 Å². The molecule has 2 fully saturated rings. The lowest BCUT2D eigenvalue weighted by Crippen LogP contribution is -2.47. The van der Waals surface area contributed by atoms with Gasteiger partial charge >= 0.3 is 0 Å². The average molecular weight is 504 g/mol. The van der Waals surface area contributed by atoms with Crippen molar-refractivity contribution in [2.75, 3.05) is 54.8 Å². The SMILES string of the molecule is CCN1CCN(c2ccc(Nc3nccc(-c4ccc(NC(=O)[C@H]5CCCN5)cc4)n3)cc2P)CC1. The zero-order valence-electron chi connectivity index (χ0n) is 20.7. The molecule has 0 saturated carbocycles. The van der Waals surface area contributed by atoms with Gasteiger partial charge in [0.1, 0.15) is 0 Å². The Balaban J connectivity index is 1.23. The second-order valence-corrected chi connectivity index (χ2v) is 9.92. The number of amides is 1. The predicted molar refractivity (Wildman–Crippen MR) is 151 cm³/mol. The van der Waals surface area contributed by atoms with Gasteiger partial charge in [0, 0.05) is 55.0 Å². The van der Waals surface area contributed by atoms with Crippen molar-refractivity contribution in [1.82, 2.24) is 20.2 Å². The van der Waals surface area contributed by atoms with E-state index in [1.165, 1.54) is 5.69 Å². The number of nitrogens with one attached hydrogen (secondary N) is 3. The van der Waals surface area contributed by atoms with E-state index in [-0.39, 0.29) is 11.9 Å². The molecule has 2 saturated heterocycles. The molecule has 3 aromatic rings. The first-order valence-electron chi connectivity index (χ1n) is 12.7. The number of anilines is 4. The maximum Gasteiger partial charge on any atom is 0.241 e. The monoisotopic (exact) mass is 503 g/mol. The molecule has 0 spiro atoms. The molecule has 1 unspecified atom stereocenters. The Morgan fingerprint density at radius 2 is 1.86 bits per heavy atom. The van der Waals surface area contributed by atoms with Crippen LogP contribution < -0.4 is 26.2 Å². The van der Waals surface area contributed by atoms with Crippen LogP contribution in [0.5, 0.6) is 0 Å². The molecule has 0 radical (unpaired) electrons. The molecule has 1 aromatic heterocycles. The van der Waals surface area contributed by atoms with E-state index in [1.54, 1.807) is 6.20 Å². The highest BCUT2D eigenvalue weighted by Gasteiger charge is 2.22.